The number of aryl methyl sites for hydroxylation is 1. The van der Waals surface area contributed by atoms with Crippen molar-refractivity contribution < 1.29 is 23.1 Å². The van der Waals surface area contributed by atoms with E-state index in [0.717, 1.165) is 6.20 Å². The number of rotatable bonds is 6. The van der Waals surface area contributed by atoms with Crippen molar-refractivity contribution in [1.82, 2.24) is 19.8 Å². The number of sulfonamides is 1. The number of carbonyl (C=O) groups is 2. The van der Waals surface area contributed by atoms with Gasteiger partial charge in [0.25, 0.3) is 0 Å². The third-order valence-corrected chi connectivity index (χ3v) is 3.21. The number of carbonyl (C=O) groups excluding carboxylic acids is 1. The molecule has 0 fully saturated rings. The molecule has 1 amide bonds. The fraction of sp³-hybridized carbons (Fsp3) is 0.375. The quantitative estimate of drug-likeness (QED) is 0.545. The van der Waals surface area contributed by atoms with Gasteiger partial charge in [-0.05, 0) is 0 Å². The second-order valence-corrected chi connectivity index (χ2v) is 5.11. The highest BCUT2D eigenvalue weighted by atomic mass is 32.2. The average molecular weight is 276 g/mol. The van der Waals surface area contributed by atoms with E-state index in [1.54, 1.807) is 7.05 Å². The van der Waals surface area contributed by atoms with Crippen molar-refractivity contribution >= 4 is 21.9 Å². The zero-order valence-electron chi connectivity index (χ0n) is 9.45. The van der Waals surface area contributed by atoms with Crippen LogP contribution in [0.15, 0.2) is 17.3 Å². The molecule has 0 aromatic carbocycles. The fourth-order valence-electron chi connectivity index (χ4n) is 1.02. The molecule has 1 heterocycles. The summed E-state index contributed by atoms with van der Waals surface area (Å²) in [5.41, 5.74) is 0. The van der Waals surface area contributed by atoms with Gasteiger partial charge in [0, 0.05) is 13.2 Å². The van der Waals surface area contributed by atoms with Crippen LogP contribution in [0.2, 0.25) is 0 Å². The van der Waals surface area contributed by atoms with Gasteiger partial charge in [0.15, 0.2) is 0 Å². The first-order chi connectivity index (χ1) is 8.31. The fourth-order valence-corrected chi connectivity index (χ4v) is 1.98. The summed E-state index contributed by atoms with van der Waals surface area (Å²) in [6.07, 6.45) is 2.41. The van der Waals surface area contributed by atoms with E-state index in [1.165, 1.54) is 10.9 Å². The molecule has 1 aromatic rings. The van der Waals surface area contributed by atoms with Gasteiger partial charge in [0.2, 0.25) is 15.9 Å². The van der Waals surface area contributed by atoms with Crippen LogP contribution >= 0.6 is 0 Å². The number of aliphatic carboxylic acids is 1. The summed E-state index contributed by atoms with van der Waals surface area (Å²) in [6, 6.07) is 0. The summed E-state index contributed by atoms with van der Waals surface area (Å²) in [5, 5.41) is 14.0. The molecule has 0 unspecified atom stereocenters. The van der Waals surface area contributed by atoms with Crippen molar-refractivity contribution in [2.75, 3.05) is 13.1 Å². The first-order valence-corrected chi connectivity index (χ1v) is 6.26. The Bertz CT molecular complexity index is 550. The lowest BCUT2D eigenvalue weighted by atomic mass is 10.5. The van der Waals surface area contributed by atoms with Gasteiger partial charge in [-0.3, -0.25) is 14.3 Å². The van der Waals surface area contributed by atoms with Gasteiger partial charge in [-0.2, -0.15) is 5.10 Å². The van der Waals surface area contributed by atoms with Gasteiger partial charge in [0.05, 0.1) is 12.7 Å². The predicted molar refractivity (Wildman–Crippen MR) is 59.0 cm³/mol. The Hall–Kier alpha value is -1.94. The summed E-state index contributed by atoms with van der Waals surface area (Å²) in [4.78, 5) is 21.2. The Labute approximate surface area is 103 Å². The van der Waals surface area contributed by atoms with E-state index >= 15 is 0 Å². The largest absolute Gasteiger partial charge is 0.480 e. The van der Waals surface area contributed by atoms with Gasteiger partial charge >= 0.3 is 5.97 Å². The van der Waals surface area contributed by atoms with Crippen LogP contribution in [-0.2, 0) is 26.7 Å². The minimum atomic E-state index is -3.81. The maximum atomic E-state index is 11.6. The van der Waals surface area contributed by atoms with E-state index in [0.29, 0.717) is 0 Å². The van der Waals surface area contributed by atoms with Crippen molar-refractivity contribution in [2.45, 2.75) is 4.90 Å². The Morgan fingerprint density at radius 1 is 1.44 bits per heavy atom. The summed E-state index contributed by atoms with van der Waals surface area (Å²) in [6.45, 7) is -1.10. The van der Waals surface area contributed by atoms with Gasteiger partial charge < -0.3 is 10.4 Å². The minimum Gasteiger partial charge on any atom is -0.480 e. The lowest BCUT2D eigenvalue weighted by molar-refractivity contribution is -0.137. The Morgan fingerprint density at radius 3 is 2.61 bits per heavy atom. The lowest BCUT2D eigenvalue weighted by Crippen LogP contribution is -2.38. The molecule has 1 rings (SSSR count). The van der Waals surface area contributed by atoms with Gasteiger partial charge in [-0.25, -0.2) is 13.1 Å². The summed E-state index contributed by atoms with van der Waals surface area (Å²) in [5.74, 6) is -1.94. The van der Waals surface area contributed by atoms with Crippen LogP contribution in [-0.4, -0.2) is 48.3 Å². The van der Waals surface area contributed by atoms with E-state index in [2.05, 4.69) is 5.10 Å². The molecule has 0 radical (unpaired) electrons. The Kier molecular flexibility index (Phi) is 4.39. The van der Waals surface area contributed by atoms with Crippen molar-refractivity contribution in [2.24, 2.45) is 7.05 Å². The molecule has 10 heteroatoms. The highest BCUT2D eigenvalue weighted by Gasteiger charge is 2.17. The second-order valence-electron chi connectivity index (χ2n) is 3.34. The molecule has 1 aromatic heterocycles. The van der Waals surface area contributed by atoms with Crippen molar-refractivity contribution in [3.63, 3.8) is 0 Å². The molecule has 0 saturated heterocycles. The van der Waals surface area contributed by atoms with Gasteiger partial charge in [0.1, 0.15) is 11.4 Å². The molecule has 100 valence electrons. The highest BCUT2D eigenvalue weighted by molar-refractivity contribution is 7.89. The molecule has 9 nitrogen and oxygen atoms in total. The molecule has 3 N–H and O–H groups in total. The third kappa shape index (κ3) is 4.14. The van der Waals surface area contributed by atoms with Crippen LogP contribution in [0.1, 0.15) is 0 Å². The maximum absolute atomic E-state index is 11.6. The van der Waals surface area contributed by atoms with Crippen LogP contribution < -0.4 is 10.0 Å². The smallest absolute Gasteiger partial charge is 0.322 e. The molecule has 0 aliphatic carbocycles. The van der Waals surface area contributed by atoms with E-state index < -0.39 is 35.0 Å². The first-order valence-electron chi connectivity index (χ1n) is 4.78. The molecule has 0 aliphatic heterocycles. The predicted octanol–water partition coefficient (Wildman–Crippen LogP) is -2.10. The monoisotopic (exact) mass is 276 g/mol. The number of carboxylic acids is 1. The number of carboxylic acid groups (broad SMARTS) is 1. The molecule has 0 atom stereocenters. The normalized spacial score (nSPS) is 11.2. The lowest BCUT2D eigenvalue weighted by Gasteiger charge is -2.04. The van der Waals surface area contributed by atoms with Crippen LogP contribution in [0.25, 0.3) is 0 Å². The Morgan fingerprint density at radius 2 is 2.11 bits per heavy atom. The maximum Gasteiger partial charge on any atom is 0.322 e. The van der Waals surface area contributed by atoms with Crippen LogP contribution in [0.5, 0.6) is 0 Å². The summed E-state index contributed by atoms with van der Waals surface area (Å²) in [7, 11) is -2.26. The van der Waals surface area contributed by atoms with E-state index in [4.69, 9.17) is 5.11 Å². The van der Waals surface area contributed by atoms with Gasteiger partial charge in [-0.15, -0.1) is 0 Å². The minimum absolute atomic E-state index is 0.0731. The molecular weight excluding hydrogens is 264 g/mol. The third-order valence-electron chi connectivity index (χ3n) is 1.85. The summed E-state index contributed by atoms with van der Waals surface area (Å²) < 4.78 is 26.6. The van der Waals surface area contributed by atoms with Crippen LogP contribution in [0, 0.1) is 0 Å². The molecule has 0 spiro atoms. The topological polar surface area (TPSA) is 130 Å². The molecule has 0 saturated carbocycles. The van der Waals surface area contributed by atoms with Crippen molar-refractivity contribution in [1.29, 1.82) is 0 Å². The zero-order valence-corrected chi connectivity index (χ0v) is 10.3. The average Bonchev–Trinajstić information content (AvgIpc) is 2.71. The highest BCUT2D eigenvalue weighted by Crippen LogP contribution is 2.04. The SMILES string of the molecule is Cn1cc(S(=O)(=O)NCC(=O)NCC(=O)O)cn1. The Balaban J connectivity index is 2.52. The van der Waals surface area contributed by atoms with E-state index in [1.807, 2.05) is 10.0 Å². The first kappa shape index (κ1) is 14.1. The number of aromatic nitrogens is 2. The standard InChI is InChI=1S/C8H12N4O5S/c1-12-5-6(2-10-12)18(16,17)11-3-7(13)9-4-8(14)15/h2,5,11H,3-4H2,1H3,(H,9,13)(H,14,15). The summed E-state index contributed by atoms with van der Waals surface area (Å²) >= 11 is 0. The molecule has 18 heavy (non-hydrogen) atoms. The van der Waals surface area contributed by atoms with E-state index in [-0.39, 0.29) is 4.90 Å². The second kappa shape index (κ2) is 5.60. The molecule has 0 bridgehead atoms. The van der Waals surface area contributed by atoms with Crippen LogP contribution in [0.4, 0.5) is 0 Å². The number of hydrogen-bond acceptors (Lipinski definition) is 5. The molecular formula is C8H12N4O5S. The number of hydrogen-bond donors (Lipinski definition) is 3. The number of amides is 1. The van der Waals surface area contributed by atoms with Crippen molar-refractivity contribution in [3.05, 3.63) is 12.4 Å². The van der Waals surface area contributed by atoms with Gasteiger partial charge in [-0.1, -0.05) is 0 Å². The van der Waals surface area contributed by atoms with E-state index in [9.17, 15) is 18.0 Å². The van der Waals surface area contributed by atoms with Crippen molar-refractivity contribution in [3.8, 4) is 0 Å². The number of nitrogens with one attached hydrogen (secondary N) is 2. The van der Waals surface area contributed by atoms with Crippen LogP contribution in [0.3, 0.4) is 0 Å². The zero-order chi connectivity index (χ0) is 13.8. The molecule has 0 aliphatic rings. The number of nitrogens with zero attached hydrogens (tertiary/aromatic N) is 2.